The average molecular weight is 141 g/mol. The lowest BCUT2D eigenvalue weighted by Crippen LogP contribution is -2.22. The lowest BCUT2D eigenvalue weighted by Gasteiger charge is -2.01. The lowest BCUT2D eigenvalue weighted by molar-refractivity contribution is -0.142. The summed E-state index contributed by atoms with van der Waals surface area (Å²) < 4.78 is 11.9. The van der Waals surface area contributed by atoms with E-state index in [4.69, 9.17) is 16.7 Å². The third kappa shape index (κ3) is 2.12. The molecule has 0 aromatic heterocycles. The number of hydrogen-bond acceptors (Lipinski definition) is 1. The summed E-state index contributed by atoms with van der Waals surface area (Å²) in [6.45, 7) is 1.29. The van der Waals surface area contributed by atoms with Crippen molar-refractivity contribution < 1.29 is 14.3 Å². The van der Waals surface area contributed by atoms with Crippen LogP contribution in [-0.2, 0) is 4.79 Å². The molecule has 0 bridgehead atoms. The highest BCUT2D eigenvalue weighted by Gasteiger charge is 2.20. The molecule has 0 aromatic carbocycles. The second-order valence-electron chi connectivity index (χ2n) is 1.42. The van der Waals surface area contributed by atoms with Crippen molar-refractivity contribution in [2.75, 3.05) is 0 Å². The van der Waals surface area contributed by atoms with Crippen LogP contribution >= 0.6 is 11.6 Å². The molecule has 0 saturated heterocycles. The standard InChI is InChI=1S/C4H6ClFO2/c1-2(5)3(6)4(7)8/h2-3H,1H3,(H,7,8). The second-order valence-corrected chi connectivity index (χ2v) is 2.11. The quantitative estimate of drug-likeness (QED) is 0.582. The first-order valence-electron chi connectivity index (χ1n) is 2.06. The zero-order valence-corrected chi connectivity index (χ0v) is 5.02. The summed E-state index contributed by atoms with van der Waals surface area (Å²) in [5.74, 6) is -1.51. The first-order valence-corrected chi connectivity index (χ1v) is 2.50. The van der Waals surface area contributed by atoms with Crippen LogP contribution in [0.2, 0.25) is 0 Å². The molecular weight excluding hydrogens is 134 g/mol. The van der Waals surface area contributed by atoms with Gasteiger partial charge in [-0.05, 0) is 6.92 Å². The predicted molar refractivity (Wildman–Crippen MR) is 27.8 cm³/mol. The van der Waals surface area contributed by atoms with Crippen LogP contribution in [0.1, 0.15) is 6.92 Å². The maximum absolute atomic E-state index is 11.9. The fourth-order valence-corrected chi connectivity index (χ4v) is 0.304. The highest BCUT2D eigenvalue weighted by Crippen LogP contribution is 2.04. The zero-order valence-electron chi connectivity index (χ0n) is 4.27. The third-order valence-electron chi connectivity index (χ3n) is 0.639. The Bertz CT molecular complexity index is 94.0. The normalized spacial score (nSPS) is 17.4. The van der Waals surface area contributed by atoms with Crippen LogP contribution < -0.4 is 0 Å². The van der Waals surface area contributed by atoms with Gasteiger partial charge in [-0.2, -0.15) is 0 Å². The van der Waals surface area contributed by atoms with Gasteiger partial charge in [0.25, 0.3) is 0 Å². The minimum Gasteiger partial charge on any atom is -0.479 e. The van der Waals surface area contributed by atoms with Gasteiger partial charge in [0.2, 0.25) is 6.17 Å². The van der Waals surface area contributed by atoms with Crippen LogP contribution in [0, 0.1) is 0 Å². The van der Waals surface area contributed by atoms with Gasteiger partial charge in [-0.25, -0.2) is 9.18 Å². The van der Waals surface area contributed by atoms with Crippen LogP contribution in [0.4, 0.5) is 4.39 Å². The zero-order chi connectivity index (χ0) is 6.73. The van der Waals surface area contributed by atoms with E-state index in [2.05, 4.69) is 0 Å². The number of hydrogen-bond donors (Lipinski definition) is 1. The highest BCUT2D eigenvalue weighted by atomic mass is 35.5. The SMILES string of the molecule is CC(Cl)C(F)C(=O)O. The molecule has 2 unspecified atom stereocenters. The molecule has 1 N–H and O–H groups in total. The van der Waals surface area contributed by atoms with Crippen molar-refractivity contribution in [3.05, 3.63) is 0 Å². The molecule has 48 valence electrons. The summed E-state index contributed by atoms with van der Waals surface area (Å²) in [4.78, 5) is 9.68. The Labute approximate surface area is 51.3 Å². The molecule has 2 nitrogen and oxygen atoms in total. The van der Waals surface area contributed by atoms with E-state index in [9.17, 15) is 9.18 Å². The fourth-order valence-electron chi connectivity index (χ4n) is 0.196. The Balaban J connectivity index is 3.64. The Hall–Kier alpha value is -0.310. The van der Waals surface area contributed by atoms with Crippen molar-refractivity contribution in [1.29, 1.82) is 0 Å². The molecule has 0 aliphatic heterocycles. The van der Waals surface area contributed by atoms with Crippen LogP contribution in [-0.4, -0.2) is 22.6 Å². The van der Waals surface area contributed by atoms with Gasteiger partial charge in [0, 0.05) is 0 Å². The smallest absolute Gasteiger partial charge is 0.339 e. The fraction of sp³-hybridized carbons (Fsp3) is 0.750. The molecule has 0 fully saturated rings. The van der Waals surface area contributed by atoms with Gasteiger partial charge in [0.1, 0.15) is 0 Å². The van der Waals surface area contributed by atoms with Crippen molar-refractivity contribution in [3.63, 3.8) is 0 Å². The predicted octanol–water partition coefficient (Wildman–Crippen LogP) is 1.04. The van der Waals surface area contributed by atoms with Crippen LogP contribution in [0.3, 0.4) is 0 Å². The van der Waals surface area contributed by atoms with Crippen molar-refractivity contribution >= 4 is 17.6 Å². The van der Waals surface area contributed by atoms with Crippen molar-refractivity contribution in [2.24, 2.45) is 0 Å². The van der Waals surface area contributed by atoms with E-state index in [1.807, 2.05) is 0 Å². The van der Waals surface area contributed by atoms with E-state index in [1.165, 1.54) is 6.92 Å². The highest BCUT2D eigenvalue weighted by molar-refractivity contribution is 6.22. The first kappa shape index (κ1) is 7.69. The summed E-state index contributed by atoms with van der Waals surface area (Å²) in [6, 6.07) is 0. The van der Waals surface area contributed by atoms with Gasteiger partial charge in [0.15, 0.2) is 0 Å². The molecule has 0 amide bonds. The second kappa shape index (κ2) is 2.87. The van der Waals surface area contributed by atoms with Gasteiger partial charge in [-0.1, -0.05) is 0 Å². The Morgan fingerprint density at radius 1 is 1.88 bits per heavy atom. The molecule has 0 heterocycles. The molecule has 8 heavy (non-hydrogen) atoms. The molecule has 0 radical (unpaired) electrons. The van der Waals surface area contributed by atoms with Gasteiger partial charge in [0.05, 0.1) is 5.38 Å². The monoisotopic (exact) mass is 140 g/mol. The van der Waals surface area contributed by atoms with E-state index >= 15 is 0 Å². The van der Waals surface area contributed by atoms with Crippen LogP contribution in [0.5, 0.6) is 0 Å². The molecule has 0 spiro atoms. The first-order chi connectivity index (χ1) is 3.55. The molecule has 0 saturated carbocycles. The van der Waals surface area contributed by atoms with Crippen LogP contribution in [0.25, 0.3) is 0 Å². The molecule has 0 aliphatic carbocycles. The number of rotatable bonds is 2. The number of carbonyl (C=O) groups is 1. The molecule has 0 rings (SSSR count). The van der Waals surface area contributed by atoms with E-state index in [0.717, 1.165) is 0 Å². The van der Waals surface area contributed by atoms with Crippen molar-refractivity contribution in [3.8, 4) is 0 Å². The van der Waals surface area contributed by atoms with Gasteiger partial charge in [-0.3, -0.25) is 0 Å². The lowest BCUT2D eigenvalue weighted by atomic mass is 10.3. The number of carboxylic acid groups (broad SMARTS) is 1. The van der Waals surface area contributed by atoms with Crippen molar-refractivity contribution in [2.45, 2.75) is 18.5 Å². The molecule has 4 heteroatoms. The maximum atomic E-state index is 11.9. The van der Waals surface area contributed by atoms with Crippen LogP contribution in [0.15, 0.2) is 0 Å². The number of aliphatic carboxylic acids is 1. The van der Waals surface area contributed by atoms with E-state index < -0.39 is 17.5 Å². The average Bonchev–Trinajstić information content (AvgIpc) is 1.64. The van der Waals surface area contributed by atoms with Gasteiger partial charge < -0.3 is 5.11 Å². The molecule has 0 aromatic rings. The van der Waals surface area contributed by atoms with E-state index in [1.54, 1.807) is 0 Å². The number of carboxylic acids is 1. The minimum absolute atomic E-state index is 0.951. The third-order valence-corrected chi connectivity index (χ3v) is 0.860. The molecule has 0 aliphatic rings. The maximum Gasteiger partial charge on any atom is 0.339 e. The van der Waals surface area contributed by atoms with E-state index in [0.29, 0.717) is 0 Å². The summed E-state index contributed by atoms with van der Waals surface area (Å²) in [5.41, 5.74) is 0. The topological polar surface area (TPSA) is 37.3 Å². The van der Waals surface area contributed by atoms with E-state index in [-0.39, 0.29) is 0 Å². The molecule has 2 atom stereocenters. The Morgan fingerprint density at radius 3 is 2.25 bits per heavy atom. The number of alkyl halides is 2. The number of halogens is 2. The Kier molecular flexibility index (Phi) is 2.76. The largest absolute Gasteiger partial charge is 0.479 e. The summed E-state index contributed by atoms with van der Waals surface area (Å²) >= 11 is 5.07. The van der Waals surface area contributed by atoms with Gasteiger partial charge >= 0.3 is 5.97 Å². The Morgan fingerprint density at radius 2 is 2.25 bits per heavy atom. The minimum atomic E-state index is -1.95. The molecular formula is C4H6ClFO2. The summed E-state index contributed by atoms with van der Waals surface area (Å²) in [7, 11) is 0. The summed E-state index contributed by atoms with van der Waals surface area (Å²) in [6.07, 6.45) is -1.95. The van der Waals surface area contributed by atoms with Gasteiger partial charge in [-0.15, -0.1) is 11.6 Å². The summed E-state index contributed by atoms with van der Waals surface area (Å²) in [5, 5.41) is 6.94. The van der Waals surface area contributed by atoms with Crippen molar-refractivity contribution in [1.82, 2.24) is 0 Å².